The minimum Gasteiger partial charge on any atom is -0.454 e. The van der Waals surface area contributed by atoms with Crippen LogP contribution in [0.4, 0.5) is 5.69 Å². The molecular weight excluding hydrogens is 482 g/mol. The van der Waals surface area contributed by atoms with Gasteiger partial charge in [-0.05, 0) is 51.8 Å². The minimum atomic E-state index is -3.82. The number of fused-ring (bicyclic) bond motifs is 1. The Bertz CT molecular complexity index is 1200. The van der Waals surface area contributed by atoms with Crippen molar-refractivity contribution in [2.45, 2.75) is 59.7 Å². The summed E-state index contributed by atoms with van der Waals surface area (Å²) in [5.41, 5.74) is 2.17. The molecule has 0 spiro atoms. The predicted octanol–water partition coefficient (Wildman–Crippen LogP) is 3.21. The Kier molecular flexibility index (Phi) is 8.84. The van der Waals surface area contributed by atoms with Crippen molar-refractivity contribution in [3.8, 4) is 11.5 Å². The van der Waals surface area contributed by atoms with Gasteiger partial charge in [0.2, 0.25) is 28.6 Å². The summed E-state index contributed by atoms with van der Waals surface area (Å²) in [7, 11) is -3.82. The number of carbonyl (C=O) groups excluding carboxylic acids is 2. The molecule has 0 bridgehead atoms. The monoisotopic (exact) mass is 517 g/mol. The lowest BCUT2D eigenvalue weighted by atomic mass is 10.1. The Morgan fingerprint density at radius 2 is 1.78 bits per heavy atom. The number of rotatable bonds is 11. The van der Waals surface area contributed by atoms with E-state index in [0.29, 0.717) is 23.6 Å². The maximum absolute atomic E-state index is 13.8. The summed E-state index contributed by atoms with van der Waals surface area (Å²) in [6, 6.07) is 11.6. The van der Waals surface area contributed by atoms with E-state index in [1.165, 1.54) is 11.8 Å². The summed E-state index contributed by atoms with van der Waals surface area (Å²) in [4.78, 5) is 28.3. The number of sulfonamides is 1. The van der Waals surface area contributed by atoms with Gasteiger partial charge in [-0.15, -0.1) is 0 Å². The molecule has 2 amide bonds. The van der Waals surface area contributed by atoms with Gasteiger partial charge in [0.15, 0.2) is 11.5 Å². The number of carbonyl (C=O) groups is 2. The van der Waals surface area contributed by atoms with Crippen LogP contribution in [0.2, 0.25) is 0 Å². The Balaban J connectivity index is 1.98. The number of aryl methyl sites for hydroxylation is 1. The van der Waals surface area contributed by atoms with E-state index in [9.17, 15) is 18.0 Å². The quantitative estimate of drug-likeness (QED) is 0.491. The summed E-state index contributed by atoms with van der Waals surface area (Å²) in [5.74, 6) is -0.0251. The molecule has 0 unspecified atom stereocenters. The van der Waals surface area contributed by atoms with Crippen LogP contribution in [0.15, 0.2) is 42.5 Å². The molecular formula is C26H35N3O6S. The maximum atomic E-state index is 13.8. The van der Waals surface area contributed by atoms with Gasteiger partial charge in [0.25, 0.3) is 0 Å². The maximum Gasteiger partial charge on any atom is 0.244 e. The molecule has 36 heavy (non-hydrogen) atoms. The van der Waals surface area contributed by atoms with Gasteiger partial charge in [-0.3, -0.25) is 13.9 Å². The van der Waals surface area contributed by atoms with Gasteiger partial charge in [-0.1, -0.05) is 36.8 Å². The van der Waals surface area contributed by atoms with Crippen LogP contribution in [0.5, 0.6) is 11.5 Å². The third-order valence-electron chi connectivity index (χ3n) is 5.88. The Hall–Kier alpha value is -3.27. The summed E-state index contributed by atoms with van der Waals surface area (Å²) >= 11 is 0. The van der Waals surface area contributed by atoms with Crippen molar-refractivity contribution in [2.24, 2.45) is 0 Å². The molecule has 0 saturated heterocycles. The van der Waals surface area contributed by atoms with Crippen LogP contribution in [0.3, 0.4) is 0 Å². The van der Waals surface area contributed by atoms with Crippen molar-refractivity contribution < 1.29 is 27.5 Å². The van der Waals surface area contributed by atoms with Crippen LogP contribution >= 0.6 is 0 Å². The van der Waals surface area contributed by atoms with E-state index >= 15 is 0 Å². The molecule has 0 saturated carbocycles. The van der Waals surface area contributed by atoms with E-state index in [2.05, 4.69) is 5.32 Å². The molecule has 196 valence electrons. The third kappa shape index (κ3) is 6.48. The number of nitrogens with one attached hydrogen (secondary N) is 1. The van der Waals surface area contributed by atoms with E-state index in [-0.39, 0.29) is 31.0 Å². The van der Waals surface area contributed by atoms with E-state index in [4.69, 9.17) is 9.47 Å². The summed E-state index contributed by atoms with van der Waals surface area (Å²) in [6.07, 6.45) is 0.376. The molecule has 2 aromatic carbocycles. The zero-order chi connectivity index (χ0) is 26.5. The molecule has 0 radical (unpaired) electrons. The molecule has 0 aromatic heterocycles. The zero-order valence-corrected chi connectivity index (χ0v) is 22.3. The number of amides is 2. The fourth-order valence-electron chi connectivity index (χ4n) is 4.07. The average Bonchev–Trinajstić information content (AvgIpc) is 3.29. The Morgan fingerprint density at radius 3 is 2.42 bits per heavy atom. The summed E-state index contributed by atoms with van der Waals surface area (Å²) in [5, 5.41) is 2.89. The second kappa shape index (κ2) is 11.6. The van der Waals surface area contributed by atoms with Gasteiger partial charge in [0.1, 0.15) is 12.6 Å². The van der Waals surface area contributed by atoms with Crippen molar-refractivity contribution in [2.75, 3.05) is 23.4 Å². The zero-order valence-electron chi connectivity index (χ0n) is 21.5. The first-order chi connectivity index (χ1) is 17.1. The summed E-state index contributed by atoms with van der Waals surface area (Å²) in [6.45, 7) is 8.78. The van der Waals surface area contributed by atoms with Crippen LogP contribution in [0.1, 0.15) is 45.2 Å². The molecule has 1 heterocycles. The van der Waals surface area contributed by atoms with Crippen LogP contribution in [-0.4, -0.2) is 56.3 Å². The van der Waals surface area contributed by atoms with Crippen LogP contribution < -0.4 is 19.1 Å². The largest absolute Gasteiger partial charge is 0.454 e. The van der Waals surface area contributed by atoms with Gasteiger partial charge < -0.3 is 19.7 Å². The van der Waals surface area contributed by atoms with Gasteiger partial charge in [-0.25, -0.2) is 8.42 Å². The number of hydrogen-bond acceptors (Lipinski definition) is 6. The van der Waals surface area contributed by atoms with Crippen molar-refractivity contribution in [1.82, 2.24) is 10.2 Å². The molecule has 1 aliphatic rings. The second-order valence-electron chi connectivity index (χ2n) is 9.04. The number of benzene rings is 2. The van der Waals surface area contributed by atoms with Crippen LogP contribution in [0, 0.1) is 6.92 Å². The Morgan fingerprint density at radius 1 is 1.06 bits per heavy atom. The SMILES string of the molecule is CC[C@@H](C(=O)NC(C)C)N(Cc1cccc(C)c1)C(=O)CN(c1ccc2c(c1)OCO2)S(=O)(=O)CC. The highest BCUT2D eigenvalue weighted by atomic mass is 32.2. The lowest BCUT2D eigenvalue weighted by molar-refractivity contribution is -0.140. The topological polar surface area (TPSA) is 105 Å². The average molecular weight is 518 g/mol. The predicted molar refractivity (Wildman–Crippen MR) is 138 cm³/mol. The summed E-state index contributed by atoms with van der Waals surface area (Å²) < 4.78 is 38.0. The van der Waals surface area contributed by atoms with E-state index in [0.717, 1.165) is 15.4 Å². The van der Waals surface area contributed by atoms with Crippen molar-refractivity contribution in [3.63, 3.8) is 0 Å². The van der Waals surface area contributed by atoms with Crippen LogP contribution in [-0.2, 0) is 26.2 Å². The fraction of sp³-hybridized carbons (Fsp3) is 0.462. The first-order valence-corrected chi connectivity index (χ1v) is 13.7. The molecule has 2 aromatic rings. The lowest BCUT2D eigenvalue weighted by Crippen LogP contribution is -2.53. The van der Waals surface area contributed by atoms with Crippen molar-refractivity contribution in [3.05, 3.63) is 53.6 Å². The van der Waals surface area contributed by atoms with E-state index in [1.54, 1.807) is 18.2 Å². The third-order valence-corrected chi connectivity index (χ3v) is 7.62. The Labute approximate surface area is 213 Å². The minimum absolute atomic E-state index is 0.0473. The fourth-order valence-corrected chi connectivity index (χ4v) is 5.12. The van der Waals surface area contributed by atoms with E-state index < -0.39 is 28.5 Å². The van der Waals surface area contributed by atoms with Crippen molar-refractivity contribution >= 4 is 27.5 Å². The van der Waals surface area contributed by atoms with Gasteiger partial charge >= 0.3 is 0 Å². The highest BCUT2D eigenvalue weighted by Gasteiger charge is 2.33. The molecule has 0 aliphatic carbocycles. The molecule has 3 rings (SSSR count). The second-order valence-corrected chi connectivity index (χ2v) is 11.2. The number of ether oxygens (including phenoxy) is 2. The van der Waals surface area contributed by atoms with Gasteiger partial charge in [0, 0.05) is 18.7 Å². The number of anilines is 1. The smallest absolute Gasteiger partial charge is 0.244 e. The normalized spacial score (nSPS) is 13.4. The van der Waals surface area contributed by atoms with Crippen LogP contribution in [0.25, 0.3) is 0 Å². The molecule has 1 atom stereocenters. The molecule has 10 heteroatoms. The highest BCUT2D eigenvalue weighted by Crippen LogP contribution is 2.36. The first-order valence-electron chi connectivity index (χ1n) is 12.1. The van der Waals surface area contributed by atoms with Crippen molar-refractivity contribution in [1.29, 1.82) is 0 Å². The molecule has 0 fully saturated rings. The standard InChI is InChI=1S/C26H35N3O6S/c1-6-22(26(31)27-18(3)4)28(15-20-10-8-9-19(5)13-20)25(30)16-29(36(32,33)7-2)21-11-12-23-24(14-21)35-17-34-23/h8-14,18,22H,6-7,15-17H2,1-5H3,(H,27,31)/t22-/m0/s1. The van der Waals surface area contributed by atoms with Gasteiger partial charge in [0.05, 0.1) is 11.4 Å². The van der Waals surface area contributed by atoms with E-state index in [1.807, 2.05) is 52.0 Å². The molecule has 9 nitrogen and oxygen atoms in total. The number of nitrogens with zero attached hydrogens (tertiary/aromatic N) is 2. The molecule has 1 aliphatic heterocycles. The lowest BCUT2D eigenvalue weighted by Gasteiger charge is -2.33. The molecule has 1 N–H and O–H groups in total. The van der Waals surface area contributed by atoms with Gasteiger partial charge in [-0.2, -0.15) is 0 Å². The first kappa shape index (κ1) is 27.3. The highest BCUT2D eigenvalue weighted by molar-refractivity contribution is 7.92. The number of hydrogen-bond donors (Lipinski definition) is 1.